The number of hydrogen-bond donors (Lipinski definition) is 2. The van der Waals surface area contributed by atoms with Crippen LogP contribution < -0.4 is 15.4 Å². The van der Waals surface area contributed by atoms with Crippen molar-refractivity contribution in [2.45, 2.75) is 12.6 Å². The van der Waals surface area contributed by atoms with Crippen LogP contribution in [0, 0.1) is 11.8 Å². The van der Waals surface area contributed by atoms with Gasteiger partial charge in [0.05, 0.1) is 24.5 Å². The number of nitrogens with one attached hydrogen (secondary N) is 2. The molecule has 0 heterocycles. The van der Waals surface area contributed by atoms with Crippen molar-refractivity contribution in [3.8, 4) is 5.75 Å². The molecule has 0 spiro atoms. The van der Waals surface area contributed by atoms with Gasteiger partial charge in [0.25, 0.3) is 0 Å². The minimum Gasteiger partial charge on any atom is -0.497 e. The summed E-state index contributed by atoms with van der Waals surface area (Å²) in [5, 5.41) is 5.15. The molecule has 27 heavy (non-hydrogen) atoms. The number of anilines is 2. The Morgan fingerprint density at radius 1 is 0.963 bits per heavy atom. The molecule has 3 rings (SSSR count). The SMILES string of the molecule is COc1cccc(NC(=O)C2CC2C(=O)Nc2cccc(C(F)(F)F)c2)c1. The Morgan fingerprint density at radius 3 is 2.07 bits per heavy atom. The zero-order valence-corrected chi connectivity index (χ0v) is 14.3. The Labute approximate surface area is 153 Å². The molecule has 2 amide bonds. The predicted octanol–water partition coefficient (Wildman–Crippen LogP) is 3.93. The number of methoxy groups -OCH3 is 1. The summed E-state index contributed by atoms with van der Waals surface area (Å²) in [7, 11) is 1.51. The summed E-state index contributed by atoms with van der Waals surface area (Å²) in [5.74, 6) is -1.28. The third kappa shape index (κ3) is 4.58. The molecule has 2 atom stereocenters. The smallest absolute Gasteiger partial charge is 0.416 e. The summed E-state index contributed by atoms with van der Waals surface area (Å²) in [6.07, 6.45) is -4.14. The molecule has 2 N–H and O–H groups in total. The number of halogens is 3. The van der Waals surface area contributed by atoms with Gasteiger partial charge in [0.15, 0.2) is 0 Å². The second-order valence-corrected chi connectivity index (χ2v) is 6.24. The summed E-state index contributed by atoms with van der Waals surface area (Å²) in [6.45, 7) is 0. The fourth-order valence-corrected chi connectivity index (χ4v) is 2.72. The number of ether oxygens (including phenoxy) is 1. The van der Waals surface area contributed by atoms with Crippen LogP contribution in [-0.2, 0) is 15.8 Å². The Balaban J connectivity index is 1.58. The fraction of sp³-hybridized carbons (Fsp3) is 0.263. The molecular weight excluding hydrogens is 361 g/mol. The van der Waals surface area contributed by atoms with Crippen LogP contribution in [0.2, 0.25) is 0 Å². The minimum absolute atomic E-state index is 0.0497. The van der Waals surface area contributed by atoms with E-state index in [4.69, 9.17) is 4.74 Å². The molecular formula is C19H17F3N2O3. The molecule has 8 heteroatoms. The first-order valence-electron chi connectivity index (χ1n) is 8.21. The van der Waals surface area contributed by atoms with Crippen LogP contribution in [-0.4, -0.2) is 18.9 Å². The number of alkyl halides is 3. The summed E-state index contributed by atoms with van der Waals surface area (Å²) in [6, 6.07) is 11.2. The largest absolute Gasteiger partial charge is 0.497 e. The summed E-state index contributed by atoms with van der Waals surface area (Å²) in [4.78, 5) is 24.5. The Kier molecular flexibility index (Phi) is 5.07. The molecule has 1 aliphatic carbocycles. The van der Waals surface area contributed by atoms with E-state index in [0.29, 0.717) is 17.9 Å². The van der Waals surface area contributed by atoms with Crippen LogP contribution in [0.15, 0.2) is 48.5 Å². The first-order valence-corrected chi connectivity index (χ1v) is 8.21. The lowest BCUT2D eigenvalue weighted by Crippen LogP contribution is -2.20. The summed E-state index contributed by atoms with van der Waals surface area (Å²) >= 11 is 0. The molecule has 0 saturated heterocycles. The van der Waals surface area contributed by atoms with E-state index in [9.17, 15) is 22.8 Å². The molecule has 142 valence electrons. The van der Waals surface area contributed by atoms with E-state index in [2.05, 4.69) is 10.6 Å². The summed E-state index contributed by atoms with van der Waals surface area (Å²) < 4.78 is 43.3. The van der Waals surface area contributed by atoms with E-state index >= 15 is 0 Å². The molecule has 0 aromatic heterocycles. The van der Waals surface area contributed by atoms with Crippen LogP contribution in [0.3, 0.4) is 0 Å². The molecule has 2 aromatic carbocycles. The topological polar surface area (TPSA) is 67.4 Å². The van der Waals surface area contributed by atoms with Crippen molar-refractivity contribution in [1.82, 2.24) is 0 Å². The lowest BCUT2D eigenvalue weighted by Gasteiger charge is -2.10. The predicted molar refractivity (Wildman–Crippen MR) is 93.3 cm³/mol. The van der Waals surface area contributed by atoms with Gasteiger partial charge < -0.3 is 15.4 Å². The van der Waals surface area contributed by atoms with E-state index in [0.717, 1.165) is 12.1 Å². The highest BCUT2D eigenvalue weighted by Crippen LogP contribution is 2.40. The highest BCUT2D eigenvalue weighted by Gasteiger charge is 2.48. The Hall–Kier alpha value is -3.03. The molecule has 0 bridgehead atoms. The van der Waals surface area contributed by atoms with Crippen LogP contribution in [0.25, 0.3) is 0 Å². The average Bonchev–Trinajstić information content (AvgIpc) is 3.42. The quantitative estimate of drug-likeness (QED) is 0.829. The zero-order valence-electron chi connectivity index (χ0n) is 14.3. The highest BCUT2D eigenvalue weighted by atomic mass is 19.4. The fourth-order valence-electron chi connectivity index (χ4n) is 2.72. The maximum absolute atomic E-state index is 12.7. The molecule has 2 unspecified atom stereocenters. The molecule has 0 radical (unpaired) electrons. The lowest BCUT2D eigenvalue weighted by atomic mass is 10.2. The molecule has 2 aromatic rings. The van der Waals surface area contributed by atoms with Crippen molar-refractivity contribution in [2.24, 2.45) is 11.8 Å². The van der Waals surface area contributed by atoms with Crippen molar-refractivity contribution < 1.29 is 27.5 Å². The van der Waals surface area contributed by atoms with E-state index < -0.39 is 29.5 Å². The van der Waals surface area contributed by atoms with Crippen LogP contribution in [0.4, 0.5) is 24.5 Å². The number of amides is 2. The second kappa shape index (κ2) is 7.30. The van der Waals surface area contributed by atoms with Crippen LogP contribution >= 0.6 is 0 Å². The second-order valence-electron chi connectivity index (χ2n) is 6.24. The van der Waals surface area contributed by atoms with Crippen LogP contribution in [0.1, 0.15) is 12.0 Å². The van der Waals surface area contributed by atoms with E-state index in [1.54, 1.807) is 24.3 Å². The normalized spacial score (nSPS) is 18.5. The number of rotatable bonds is 5. The van der Waals surface area contributed by atoms with E-state index in [-0.39, 0.29) is 11.6 Å². The van der Waals surface area contributed by atoms with Gasteiger partial charge in [-0.15, -0.1) is 0 Å². The molecule has 0 aliphatic heterocycles. The van der Waals surface area contributed by atoms with Gasteiger partial charge in [-0.05, 0) is 36.8 Å². The molecule has 5 nitrogen and oxygen atoms in total. The lowest BCUT2D eigenvalue weighted by molar-refractivity contribution is -0.137. The van der Waals surface area contributed by atoms with Gasteiger partial charge in [-0.25, -0.2) is 0 Å². The third-order valence-corrected chi connectivity index (χ3v) is 4.26. The van der Waals surface area contributed by atoms with Gasteiger partial charge in [-0.2, -0.15) is 13.2 Å². The highest BCUT2D eigenvalue weighted by molar-refractivity contribution is 6.03. The zero-order chi connectivity index (χ0) is 19.6. The van der Waals surface area contributed by atoms with Crippen molar-refractivity contribution in [1.29, 1.82) is 0 Å². The number of hydrogen-bond acceptors (Lipinski definition) is 3. The first-order chi connectivity index (χ1) is 12.8. The van der Waals surface area contributed by atoms with Gasteiger partial charge >= 0.3 is 6.18 Å². The van der Waals surface area contributed by atoms with Gasteiger partial charge in [-0.1, -0.05) is 12.1 Å². The third-order valence-electron chi connectivity index (χ3n) is 4.26. The summed E-state index contributed by atoms with van der Waals surface area (Å²) in [5.41, 5.74) is -0.250. The number of carbonyl (C=O) groups excluding carboxylic acids is 2. The Bertz CT molecular complexity index is 867. The number of benzene rings is 2. The van der Waals surface area contributed by atoms with Gasteiger partial charge in [-0.3, -0.25) is 9.59 Å². The van der Waals surface area contributed by atoms with Crippen molar-refractivity contribution >= 4 is 23.2 Å². The molecule has 1 fully saturated rings. The van der Waals surface area contributed by atoms with Gasteiger partial charge in [0, 0.05) is 17.4 Å². The number of carbonyl (C=O) groups is 2. The van der Waals surface area contributed by atoms with Crippen molar-refractivity contribution in [2.75, 3.05) is 17.7 Å². The monoisotopic (exact) mass is 378 g/mol. The average molecular weight is 378 g/mol. The minimum atomic E-state index is -4.49. The van der Waals surface area contributed by atoms with Crippen molar-refractivity contribution in [3.05, 3.63) is 54.1 Å². The molecule has 1 aliphatic rings. The first kappa shape index (κ1) is 18.8. The van der Waals surface area contributed by atoms with Crippen molar-refractivity contribution in [3.63, 3.8) is 0 Å². The van der Waals surface area contributed by atoms with E-state index in [1.165, 1.54) is 19.2 Å². The molecule has 1 saturated carbocycles. The van der Waals surface area contributed by atoms with E-state index in [1.807, 2.05) is 0 Å². The van der Waals surface area contributed by atoms with Gasteiger partial charge in [0.2, 0.25) is 11.8 Å². The Morgan fingerprint density at radius 2 is 1.52 bits per heavy atom. The maximum atomic E-state index is 12.7. The standard InChI is InChI=1S/C19H17F3N2O3/c1-27-14-7-3-6-13(9-14)24-18(26)16-10-15(16)17(25)23-12-5-2-4-11(8-12)19(20,21)22/h2-9,15-16H,10H2,1H3,(H,23,25)(H,24,26). The maximum Gasteiger partial charge on any atom is 0.416 e. The van der Waals surface area contributed by atoms with Crippen LogP contribution in [0.5, 0.6) is 5.75 Å². The van der Waals surface area contributed by atoms with Gasteiger partial charge in [0.1, 0.15) is 5.75 Å².